The van der Waals surface area contributed by atoms with Gasteiger partial charge in [0.05, 0.1) is 0 Å². The maximum atomic E-state index is 12.4. The van der Waals surface area contributed by atoms with Gasteiger partial charge < -0.3 is 15.2 Å². The van der Waals surface area contributed by atoms with Crippen molar-refractivity contribution in [3.05, 3.63) is 24.3 Å². The van der Waals surface area contributed by atoms with E-state index in [2.05, 4.69) is 10.1 Å². The molecular formula is C11H10F5NO3. The van der Waals surface area contributed by atoms with Crippen LogP contribution in [0.5, 0.6) is 5.75 Å². The molecule has 9 heteroatoms. The lowest BCUT2D eigenvalue weighted by molar-refractivity contribution is -0.190. The Bertz CT molecular complexity index is 446. The minimum Gasteiger partial charge on any atom is -0.481 e. The van der Waals surface area contributed by atoms with Crippen LogP contribution >= 0.6 is 0 Å². The molecule has 1 atom stereocenters. The normalized spacial score (nSPS) is 13.1. The first-order valence-electron chi connectivity index (χ1n) is 5.28. The number of aliphatic carboxylic acids is 1. The zero-order chi connectivity index (χ0) is 15.3. The zero-order valence-electron chi connectivity index (χ0n) is 9.82. The molecule has 0 aliphatic heterocycles. The molecule has 0 aromatic heterocycles. The first-order valence-corrected chi connectivity index (χ1v) is 5.28. The van der Waals surface area contributed by atoms with Crippen molar-refractivity contribution in [2.24, 2.45) is 5.92 Å². The summed E-state index contributed by atoms with van der Waals surface area (Å²) in [5.41, 5.74) is 0.155. The van der Waals surface area contributed by atoms with E-state index in [9.17, 15) is 26.7 Å². The van der Waals surface area contributed by atoms with Crippen molar-refractivity contribution in [2.75, 3.05) is 11.9 Å². The number of ether oxygens (including phenoxy) is 1. The lowest BCUT2D eigenvalue weighted by atomic mass is 10.1. The Labute approximate surface area is 110 Å². The largest absolute Gasteiger partial charge is 0.481 e. The fourth-order valence-electron chi connectivity index (χ4n) is 1.32. The van der Waals surface area contributed by atoms with E-state index < -0.39 is 31.2 Å². The summed E-state index contributed by atoms with van der Waals surface area (Å²) in [5.74, 6) is -4.71. The fourth-order valence-corrected chi connectivity index (χ4v) is 1.32. The van der Waals surface area contributed by atoms with Gasteiger partial charge in [-0.3, -0.25) is 4.79 Å². The summed E-state index contributed by atoms with van der Waals surface area (Å²) in [6, 6.07) is 4.65. The molecule has 0 heterocycles. The summed E-state index contributed by atoms with van der Waals surface area (Å²) in [6.07, 6.45) is -4.88. The number of alkyl halides is 5. The molecule has 0 saturated carbocycles. The van der Waals surface area contributed by atoms with Crippen molar-refractivity contribution in [1.29, 1.82) is 0 Å². The summed E-state index contributed by atoms with van der Waals surface area (Å²) in [6.45, 7) is -3.87. The van der Waals surface area contributed by atoms with Crippen molar-refractivity contribution < 1.29 is 36.6 Å². The van der Waals surface area contributed by atoms with Gasteiger partial charge >= 0.3 is 18.8 Å². The van der Waals surface area contributed by atoms with Crippen molar-refractivity contribution in [3.63, 3.8) is 0 Å². The average molecular weight is 299 g/mol. The van der Waals surface area contributed by atoms with Crippen LogP contribution in [0.4, 0.5) is 27.6 Å². The number of hydrogen-bond acceptors (Lipinski definition) is 3. The molecule has 1 rings (SSSR count). The highest BCUT2D eigenvalue weighted by Crippen LogP contribution is 2.27. The summed E-state index contributed by atoms with van der Waals surface area (Å²) in [4.78, 5) is 10.5. The van der Waals surface area contributed by atoms with Crippen LogP contribution in [0.2, 0.25) is 0 Å². The maximum Gasteiger partial charge on any atom is 0.403 e. The number of carboxylic acid groups (broad SMARTS) is 1. The summed E-state index contributed by atoms with van der Waals surface area (Å²) in [5, 5.41) is 10.7. The van der Waals surface area contributed by atoms with Gasteiger partial charge in [-0.25, -0.2) is 0 Å². The maximum absolute atomic E-state index is 12.4. The third-order valence-electron chi connectivity index (χ3n) is 2.28. The highest BCUT2D eigenvalue weighted by Gasteiger charge is 2.44. The minimum atomic E-state index is -4.88. The van der Waals surface area contributed by atoms with Crippen LogP contribution in [0, 0.1) is 5.92 Å². The second-order valence-electron chi connectivity index (χ2n) is 3.72. The molecule has 20 heavy (non-hydrogen) atoms. The van der Waals surface area contributed by atoms with Gasteiger partial charge in [0.2, 0.25) is 0 Å². The van der Waals surface area contributed by atoms with Crippen LogP contribution in [0.15, 0.2) is 24.3 Å². The number of halogens is 5. The van der Waals surface area contributed by atoms with Crippen molar-refractivity contribution in [3.8, 4) is 5.75 Å². The van der Waals surface area contributed by atoms with Gasteiger partial charge in [0.25, 0.3) is 0 Å². The van der Waals surface area contributed by atoms with E-state index in [4.69, 9.17) is 5.11 Å². The van der Waals surface area contributed by atoms with Crippen LogP contribution in [-0.4, -0.2) is 30.4 Å². The van der Waals surface area contributed by atoms with E-state index in [0.29, 0.717) is 0 Å². The van der Waals surface area contributed by atoms with Crippen molar-refractivity contribution in [2.45, 2.75) is 12.8 Å². The Kier molecular flexibility index (Phi) is 5.12. The number of anilines is 1. The highest BCUT2D eigenvalue weighted by molar-refractivity contribution is 5.71. The third-order valence-corrected chi connectivity index (χ3v) is 2.28. The molecular weight excluding hydrogens is 289 g/mol. The second kappa shape index (κ2) is 6.40. The van der Waals surface area contributed by atoms with Crippen LogP contribution in [-0.2, 0) is 4.79 Å². The Hall–Kier alpha value is -2.06. The Morgan fingerprint density at radius 1 is 1.25 bits per heavy atom. The van der Waals surface area contributed by atoms with Crippen LogP contribution in [0.1, 0.15) is 0 Å². The van der Waals surface area contributed by atoms with E-state index in [1.54, 1.807) is 0 Å². The van der Waals surface area contributed by atoms with E-state index in [0.717, 1.165) is 12.1 Å². The van der Waals surface area contributed by atoms with Gasteiger partial charge in [0, 0.05) is 12.2 Å². The average Bonchev–Trinajstić information content (AvgIpc) is 2.28. The van der Waals surface area contributed by atoms with E-state index >= 15 is 0 Å². The van der Waals surface area contributed by atoms with Crippen LogP contribution in [0.3, 0.4) is 0 Å². The van der Waals surface area contributed by atoms with Gasteiger partial charge in [0.1, 0.15) is 5.75 Å². The monoisotopic (exact) mass is 299 g/mol. The van der Waals surface area contributed by atoms with E-state index in [1.807, 2.05) is 0 Å². The molecule has 1 aromatic rings. The molecule has 1 unspecified atom stereocenters. The van der Waals surface area contributed by atoms with Gasteiger partial charge in [-0.15, -0.1) is 0 Å². The molecule has 0 aliphatic carbocycles. The lowest BCUT2D eigenvalue weighted by Crippen LogP contribution is -2.36. The Morgan fingerprint density at radius 3 is 2.20 bits per heavy atom. The van der Waals surface area contributed by atoms with Gasteiger partial charge in [0.15, 0.2) is 5.92 Å². The van der Waals surface area contributed by atoms with Gasteiger partial charge in [-0.1, -0.05) is 0 Å². The summed E-state index contributed by atoms with van der Waals surface area (Å²) >= 11 is 0. The molecule has 4 nitrogen and oxygen atoms in total. The first kappa shape index (κ1) is 16.0. The van der Waals surface area contributed by atoms with E-state index in [-0.39, 0.29) is 11.4 Å². The number of benzene rings is 1. The number of hydrogen-bond donors (Lipinski definition) is 2. The minimum absolute atomic E-state index is 0.155. The topological polar surface area (TPSA) is 58.6 Å². The lowest BCUT2D eigenvalue weighted by Gasteiger charge is -2.17. The quantitative estimate of drug-likeness (QED) is 0.793. The predicted octanol–water partition coefficient (Wildman–Crippen LogP) is 2.96. The third kappa shape index (κ3) is 4.90. The predicted molar refractivity (Wildman–Crippen MR) is 58.7 cm³/mol. The molecule has 0 spiro atoms. The number of nitrogens with one attached hydrogen (secondary N) is 1. The molecule has 0 aliphatic rings. The zero-order valence-corrected chi connectivity index (χ0v) is 9.82. The molecule has 0 saturated heterocycles. The first-order chi connectivity index (χ1) is 9.20. The smallest absolute Gasteiger partial charge is 0.403 e. The number of rotatable bonds is 6. The van der Waals surface area contributed by atoms with Crippen molar-refractivity contribution >= 4 is 11.7 Å². The molecule has 0 fully saturated rings. The number of carbonyl (C=O) groups is 1. The molecule has 0 amide bonds. The standard InChI is InChI=1S/C11H10F5NO3/c12-10(13)20-7-3-1-6(2-4-7)17-5-8(9(18)19)11(14,15)16/h1-4,8,10,17H,5H2,(H,18,19). The van der Waals surface area contributed by atoms with Crippen LogP contribution in [0.25, 0.3) is 0 Å². The fraction of sp³-hybridized carbons (Fsp3) is 0.364. The van der Waals surface area contributed by atoms with Gasteiger partial charge in [-0.2, -0.15) is 22.0 Å². The second-order valence-corrected chi connectivity index (χ2v) is 3.72. The summed E-state index contributed by atoms with van der Waals surface area (Å²) in [7, 11) is 0. The molecule has 0 bridgehead atoms. The van der Waals surface area contributed by atoms with Crippen molar-refractivity contribution in [1.82, 2.24) is 0 Å². The SMILES string of the molecule is O=C(O)C(CNc1ccc(OC(F)F)cc1)C(F)(F)F. The Morgan fingerprint density at radius 2 is 1.80 bits per heavy atom. The number of carboxylic acids is 1. The van der Waals surface area contributed by atoms with Gasteiger partial charge in [-0.05, 0) is 24.3 Å². The molecule has 0 radical (unpaired) electrons. The molecule has 112 valence electrons. The molecule has 2 N–H and O–H groups in total. The Balaban J connectivity index is 2.63. The summed E-state index contributed by atoms with van der Waals surface area (Å²) < 4.78 is 64.9. The highest BCUT2D eigenvalue weighted by atomic mass is 19.4. The molecule has 1 aromatic carbocycles. The van der Waals surface area contributed by atoms with E-state index in [1.165, 1.54) is 12.1 Å². The van der Waals surface area contributed by atoms with Crippen LogP contribution < -0.4 is 10.1 Å².